The minimum Gasteiger partial charge on any atom is -0.496 e. The van der Waals surface area contributed by atoms with E-state index in [1.807, 2.05) is 43.3 Å². The quantitative estimate of drug-likeness (QED) is 0.887. The fourth-order valence-electron chi connectivity index (χ4n) is 2.21. The number of ether oxygens (including phenoxy) is 1. The third-order valence-electron chi connectivity index (χ3n) is 3.40. The van der Waals surface area contributed by atoms with Gasteiger partial charge in [-0.25, -0.2) is 0 Å². The Labute approximate surface area is 125 Å². The average molecular weight is 284 g/mol. The van der Waals surface area contributed by atoms with Gasteiger partial charge in [-0.15, -0.1) is 0 Å². The van der Waals surface area contributed by atoms with Crippen molar-refractivity contribution in [1.82, 2.24) is 10.3 Å². The first-order valence-electron chi connectivity index (χ1n) is 7.02. The van der Waals surface area contributed by atoms with Gasteiger partial charge in [0, 0.05) is 18.8 Å². The lowest BCUT2D eigenvalue weighted by Gasteiger charge is -2.14. The lowest BCUT2D eigenvalue weighted by Crippen LogP contribution is -2.26. The van der Waals surface area contributed by atoms with Crippen LogP contribution >= 0.6 is 0 Å². The van der Waals surface area contributed by atoms with E-state index in [-0.39, 0.29) is 11.9 Å². The molecule has 2 rings (SSSR count). The van der Waals surface area contributed by atoms with Gasteiger partial charge < -0.3 is 10.1 Å². The van der Waals surface area contributed by atoms with E-state index in [4.69, 9.17) is 4.74 Å². The van der Waals surface area contributed by atoms with Crippen molar-refractivity contribution < 1.29 is 9.53 Å². The number of methoxy groups -OCH3 is 1. The smallest absolute Gasteiger partial charge is 0.220 e. The summed E-state index contributed by atoms with van der Waals surface area (Å²) in [4.78, 5) is 16.0. The number of aryl methyl sites for hydroxylation is 1. The second-order valence-corrected chi connectivity index (χ2v) is 4.88. The lowest BCUT2D eigenvalue weighted by molar-refractivity contribution is -0.121. The fraction of sp³-hybridized carbons (Fsp3) is 0.294. The number of nitrogens with one attached hydrogen (secondary N) is 1. The summed E-state index contributed by atoms with van der Waals surface area (Å²) in [5.74, 6) is 0.859. The van der Waals surface area contributed by atoms with Crippen LogP contribution in [0.25, 0.3) is 0 Å². The highest BCUT2D eigenvalue weighted by Gasteiger charge is 2.10. The van der Waals surface area contributed by atoms with Crippen LogP contribution in [0.5, 0.6) is 5.75 Å². The van der Waals surface area contributed by atoms with Crippen molar-refractivity contribution in [2.45, 2.75) is 25.8 Å². The number of para-hydroxylation sites is 1. The molecule has 21 heavy (non-hydrogen) atoms. The predicted octanol–water partition coefficient (Wildman–Crippen LogP) is 2.90. The molecule has 0 radical (unpaired) electrons. The molecule has 0 aliphatic rings. The summed E-state index contributed by atoms with van der Waals surface area (Å²) < 4.78 is 5.29. The SMILES string of the molecule is COc1ccccc1CCC(=O)NC(C)c1ccncc1. The molecule has 1 heterocycles. The lowest BCUT2D eigenvalue weighted by atomic mass is 10.1. The number of carbonyl (C=O) groups is 1. The van der Waals surface area contributed by atoms with Crippen LogP contribution in [0.3, 0.4) is 0 Å². The molecule has 0 aliphatic heterocycles. The summed E-state index contributed by atoms with van der Waals surface area (Å²) in [5, 5.41) is 3.00. The minimum absolute atomic E-state index is 0.0156. The van der Waals surface area contributed by atoms with Gasteiger partial charge in [0.05, 0.1) is 13.2 Å². The monoisotopic (exact) mass is 284 g/mol. The molecule has 4 nitrogen and oxygen atoms in total. The molecule has 0 saturated carbocycles. The largest absolute Gasteiger partial charge is 0.496 e. The van der Waals surface area contributed by atoms with Gasteiger partial charge in [-0.2, -0.15) is 0 Å². The molecule has 1 N–H and O–H groups in total. The summed E-state index contributed by atoms with van der Waals surface area (Å²) >= 11 is 0. The number of pyridine rings is 1. The molecule has 1 aromatic heterocycles. The Morgan fingerprint density at radius 2 is 1.95 bits per heavy atom. The highest BCUT2D eigenvalue weighted by atomic mass is 16.5. The van der Waals surface area contributed by atoms with E-state index >= 15 is 0 Å². The van der Waals surface area contributed by atoms with Crippen LogP contribution in [0.15, 0.2) is 48.8 Å². The van der Waals surface area contributed by atoms with Crippen molar-refractivity contribution in [3.63, 3.8) is 0 Å². The number of carbonyl (C=O) groups excluding carboxylic acids is 1. The summed E-state index contributed by atoms with van der Waals surface area (Å²) in [6, 6.07) is 11.6. The third kappa shape index (κ3) is 4.31. The summed E-state index contributed by atoms with van der Waals surface area (Å²) in [6.45, 7) is 1.97. The van der Waals surface area contributed by atoms with Crippen LogP contribution in [0.1, 0.15) is 30.5 Å². The molecule has 0 saturated heterocycles. The second-order valence-electron chi connectivity index (χ2n) is 4.88. The Morgan fingerprint density at radius 1 is 1.24 bits per heavy atom. The van der Waals surface area contributed by atoms with Crippen molar-refractivity contribution in [3.8, 4) is 5.75 Å². The maximum atomic E-state index is 12.0. The second kappa shape index (κ2) is 7.43. The predicted molar refractivity (Wildman–Crippen MR) is 82.1 cm³/mol. The van der Waals surface area contributed by atoms with E-state index in [2.05, 4.69) is 10.3 Å². The molecule has 0 aliphatic carbocycles. The Hall–Kier alpha value is -2.36. The Morgan fingerprint density at radius 3 is 2.67 bits per heavy atom. The van der Waals surface area contributed by atoms with Gasteiger partial charge in [0.15, 0.2) is 0 Å². The molecule has 1 atom stereocenters. The molecule has 0 spiro atoms. The van der Waals surface area contributed by atoms with Crippen LogP contribution < -0.4 is 10.1 Å². The topological polar surface area (TPSA) is 51.2 Å². The maximum absolute atomic E-state index is 12.0. The normalized spacial score (nSPS) is 11.7. The molecular formula is C17H20N2O2. The van der Waals surface area contributed by atoms with E-state index in [0.717, 1.165) is 16.9 Å². The van der Waals surface area contributed by atoms with Crippen molar-refractivity contribution in [3.05, 3.63) is 59.9 Å². The molecule has 1 aromatic carbocycles. The molecular weight excluding hydrogens is 264 g/mol. The number of rotatable bonds is 6. The zero-order valence-electron chi connectivity index (χ0n) is 12.4. The Bertz CT molecular complexity index is 584. The summed E-state index contributed by atoms with van der Waals surface area (Å²) in [7, 11) is 1.64. The van der Waals surface area contributed by atoms with Crippen molar-refractivity contribution in [1.29, 1.82) is 0 Å². The van der Waals surface area contributed by atoms with Gasteiger partial charge >= 0.3 is 0 Å². The van der Waals surface area contributed by atoms with Gasteiger partial charge in [0.2, 0.25) is 5.91 Å². The molecule has 110 valence electrons. The number of hydrogen-bond acceptors (Lipinski definition) is 3. The fourth-order valence-corrected chi connectivity index (χ4v) is 2.21. The van der Waals surface area contributed by atoms with E-state index in [9.17, 15) is 4.79 Å². The maximum Gasteiger partial charge on any atom is 0.220 e. The number of nitrogens with zero attached hydrogens (tertiary/aromatic N) is 1. The van der Waals surface area contributed by atoms with Crippen LogP contribution in [-0.2, 0) is 11.2 Å². The number of benzene rings is 1. The number of hydrogen-bond donors (Lipinski definition) is 1. The number of amides is 1. The molecule has 1 amide bonds. The van der Waals surface area contributed by atoms with E-state index < -0.39 is 0 Å². The molecule has 2 aromatic rings. The van der Waals surface area contributed by atoms with Gasteiger partial charge in [-0.1, -0.05) is 18.2 Å². The van der Waals surface area contributed by atoms with E-state index in [1.165, 1.54) is 0 Å². The molecule has 4 heteroatoms. The standard InChI is InChI=1S/C17H20N2O2/c1-13(14-9-11-18-12-10-14)19-17(20)8-7-15-5-3-4-6-16(15)21-2/h3-6,9-13H,7-8H2,1-2H3,(H,19,20). The van der Waals surface area contributed by atoms with Crippen molar-refractivity contribution >= 4 is 5.91 Å². The average Bonchev–Trinajstić information content (AvgIpc) is 2.54. The Balaban J connectivity index is 1.88. The zero-order chi connectivity index (χ0) is 15.1. The first kappa shape index (κ1) is 15.0. The molecule has 0 fully saturated rings. The minimum atomic E-state index is -0.0156. The Kier molecular flexibility index (Phi) is 5.32. The first-order chi connectivity index (χ1) is 10.2. The molecule has 0 bridgehead atoms. The van der Waals surface area contributed by atoms with Gasteiger partial charge in [-0.3, -0.25) is 9.78 Å². The highest BCUT2D eigenvalue weighted by Crippen LogP contribution is 2.19. The van der Waals surface area contributed by atoms with Gasteiger partial charge in [0.25, 0.3) is 0 Å². The van der Waals surface area contributed by atoms with Crippen LogP contribution in [0, 0.1) is 0 Å². The van der Waals surface area contributed by atoms with Crippen LogP contribution in [0.2, 0.25) is 0 Å². The summed E-state index contributed by atoms with van der Waals surface area (Å²) in [6.07, 6.45) is 4.56. The van der Waals surface area contributed by atoms with Gasteiger partial charge in [-0.05, 0) is 42.7 Å². The first-order valence-corrected chi connectivity index (χ1v) is 7.02. The van der Waals surface area contributed by atoms with Crippen LogP contribution in [-0.4, -0.2) is 18.0 Å². The zero-order valence-corrected chi connectivity index (χ0v) is 12.4. The molecule has 1 unspecified atom stereocenters. The third-order valence-corrected chi connectivity index (χ3v) is 3.40. The van der Waals surface area contributed by atoms with Crippen molar-refractivity contribution in [2.24, 2.45) is 0 Å². The van der Waals surface area contributed by atoms with E-state index in [1.54, 1.807) is 19.5 Å². The van der Waals surface area contributed by atoms with Gasteiger partial charge in [0.1, 0.15) is 5.75 Å². The number of aromatic nitrogens is 1. The summed E-state index contributed by atoms with van der Waals surface area (Å²) in [5.41, 5.74) is 2.10. The van der Waals surface area contributed by atoms with E-state index in [0.29, 0.717) is 12.8 Å². The van der Waals surface area contributed by atoms with Crippen LogP contribution in [0.4, 0.5) is 0 Å². The van der Waals surface area contributed by atoms with Crippen molar-refractivity contribution in [2.75, 3.05) is 7.11 Å². The highest BCUT2D eigenvalue weighted by molar-refractivity contribution is 5.76.